The summed E-state index contributed by atoms with van der Waals surface area (Å²) in [6.07, 6.45) is 0.995. The van der Waals surface area contributed by atoms with Crippen molar-refractivity contribution in [3.05, 3.63) is 11.1 Å². The van der Waals surface area contributed by atoms with Crippen LogP contribution in [0.5, 0.6) is 0 Å². The molecule has 0 unspecified atom stereocenters. The van der Waals surface area contributed by atoms with Gasteiger partial charge in [0.2, 0.25) is 0 Å². The van der Waals surface area contributed by atoms with Crippen LogP contribution in [0, 0.1) is 0 Å². The molecule has 0 bridgehead atoms. The Hall–Kier alpha value is -0.0100. The lowest BCUT2D eigenvalue weighted by Crippen LogP contribution is -1.92. The minimum absolute atomic E-state index is 0.634. The maximum Gasteiger partial charge on any atom is 0.0499 e. The Kier molecular flexibility index (Phi) is 5.74. The minimum Gasteiger partial charge on any atom is -0.384 e. The molecule has 0 rings (SSSR count). The fourth-order valence-electron chi connectivity index (χ4n) is 0.583. The lowest BCUT2D eigenvalue weighted by molar-refractivity contribution is 0.202. The van der Waals surface area contributed by atoms with Crippen LogP contribution in [-0.2, 0) is 4.74 Å². The van der Waals surface area contributed by atoms with Crippen LogP contribution >= 0.6 is 11.6 Å². The molecular formula is C8H15ClO. The second-order valence-electron chi connectivity index (χ2n) is 2.44. The van der Waals surface area contributed by atoms with Gasteiger partial charge in [-0.3, -0.25) is 0 Å². The largest absolute Gasteiger partial charge is 0.384 e. The molecule has 0 aliphatic rings. The van der Waals surface area contributed by atoms with Gasteiger partial charge in [0.1, 0.15) is 0 Å². The van der Waals surface area contributed by atoms with Gasteiger partial charge in [-0.25, -0.2) is 0 Å². The standard InChI is InChI=1S/C8H15ClO/c1-7(4-5-10-3)8(2)6-9/h4-6H2,1-3H3/b8-7+. The number of hydrogen-bond donors (Lipinski definition) is 0. The molecule has 0 N–H and O–H groups in total. The highest BCUT2D eigenvalue weighted by atomic mass is 35.5. The number of alkyl halides is 1. The summed E-state index contributed by atoms with van der Waals surface area (Å²) in [5, 5.41) is 0. The van der Waals surface area contributed by atoms with Crippen LogP contribution in [0.3, 0.4) is 0 Å². The van der Waals surface area contributed by atoms with Crippen LogP contribution in [0.4, 0.5) is 0 Å². The van der Waals surface area contributed by atoms with E-state index in [1.807, 2.05) is 0 Å². The third-order valence-corrected chi connectivity index (χ3v) is 2.01. The van der Waals surface area contributed by atoms with Gasteiger partial charge in [0.15, 0.2) is 0 Å². The van der Waals surface area contributed by atoms with Crippen LogP contribution in [0.15, 0.2) is 11.1 Å². The molecule has 10 heavy (non-hydrogen) atoms. The zero-order valence-corrected chi connectivity index (χ0v) is 7.66. The zero-order chi connectivity index (χ0) is 7.98. The van der Waals surface area contributed by atoms with Crippen molar-refractivity contribution in [3.8, 4) is 0 Å². The van der Waals surface area contributed by atoms with Crippen molar-refractivity contribution in [2.75, 3.05) is 19.6 Å². The summed E-state index contributed by atoms with van der Waals surface area (Å²) in [7, 11) is 1.71. The molecule has 0 aromatic carbocycles. The Morgan fingerprint density at radius 2 is 1.90 bits per heavy atom. The van der Waals surface area contributed by atoms with Gasteiger partial charge < -0.3 is 4.74 Å². The summed E-state index contributed by atoms with van der Waals surface area (Å²) in [4.78, 5) is 0. The Balaban J connectivity index is 3.68. The van der Waals surface area contributed by atoms with E-state index in [-0.39, 0.29) is 0 Å². The SMILES string of the molecule is COCC/C(C)=C(\C)CCl. The average molecular weight is 163 g/mol. The van der Waals surface area contributed by atoms with Crippen molar-refractivity contribution in [2.45, 2.75) is 20.3 Å². The van der Waals surface area contributed by atoms with Crippen molar-refractivity contribution >= 4 is 11.6 Å². The minimum atomic E-state index is 0.634. The van der Waals surface area contributed by atoms with Crippen LogP contribution in [-0.4, -0.2) is 19.6 Å². The summed E-state index contributed by atoms with van der Waals surface area (Å²) in [6, 6.07) is 0. The van der Waals surface area contributed by atoms with E-state index in [1.54, 1.807) is 7.11 Å². The second-order valence-corrected chi connectivity index (χ2v) is 2.70. The first kappa shape index (κ1) is 9.99. The van der Waals surface area contributed by atoms with Gasteiger partial charge in [0, 0.05) is 19.6 Å². The molecule has 0 atom stereocenters. The molecular weight excluding hydrogens is 148 g/mol. The molecule has 0 aliphatic heterocycles. The van der Waals surface area contributed by atoms with Gasteiger partial charge in [-0.1, -0.05) is 11.1 Å². The van der Waals surface area contributed by atoms with E-state index in [0.29, 0.717) is 5.88 Å². The number of rotatable bonds is 4. The van der Waals surface area contributed by atoms with Gasteiger partial charge in [0.05, 0.1) is 0 Å². The number of methoxy groups -OCH3 is 1. The van der Waals surface area contributed by atoms with E-state index in [9.17, 15) is 0 Å². The highest BCUT2D eigenvalue weighted by Crippen LogP contribution is 2.08. The third-order valence-electron chi connectivity index (χ3n) is 1.61. The second kappa shape index (κ2) is 5.75. The first-order valence-corrected chi connectivity index (χ1v) is 3.96. The Morgan fingerprint density at radius 3 is 2.30 bits per heavy atom. The summed E-state index contributed by atoms with van der Waals surface area (Å²) >= 11 is 5.63. The van der Waals surface area contributed by atoms with Gasteiger partial charge in [0.25, 0.3) is 0 Å². The number of allylic oxidation sites excluding steroid dienone is 1. The van der Waals surface area contributed by atoms with Crippen molar-refractivity contribution in [3.63, 3.8) is 0 Å². The fourth-order valence-corrected chi connectivity index (χ4v) is 0.811. The molecule has 2 heteroatoms. The molecule has 0 amide bonds. The fraction of sp³-hybridized carbons (Fsp3) is 0.750. The smallest absolute Gasteiger partial charge is 0.0499 e. The average Bonchev–Trinajstić information content (AvgIpc) is 1.98. The molecule has 60 valence electrons. The van der Waals surface area contributed by atoms with Crippen molar-refractivity contribution < 1.29 is 4.74 Å². The molecule has 0 aromatic heterocycles. The topological polar surface area (TPSA) is 9.23 Å². The molecule has 1 nitrogen and oxygen atoms in total. The maximum absolute atomic E-state index is 5.63. The highest BCUT2D eigenvalue weighted by Gasteiger charge is 1.94. The van der Waals surface area contributed by atoms with Gasteiger partial charge >= 0.3 is 0 Å². The molecule has 0 aliphatic carbocycles. The van der Waals surface area contributed by atoms with Crippen LogP contribution in [0.1, 0.15) is 20.3 Å². The highest BCUT2D eigenvalue weighted by molar-refractivity contribution is 6.19. The van der Waals surface area contributed by atoms with E-state index in [0.717, 1.165) is 13.0 Å². The molecule has 0 fully saturated rings. The van der Waals surface area contributed by atoms with E-state index < -0.39 is 0 Å². The zero-order valence-electron chi connectivity index (χ0n) is 6.91. The maximum atomic E-state index is 5.63. The van der Waals surface area contributed by atoms with Crippen LogP contribution in [0.25, 0.3) is 0 Å². The van der Waals surface area contributed by atoms with Crippen molar-refractivity contribution in [1.29, 1.82) is 0 Å². The van der Waals surface area contributed by atoms with E-state index in [4.69, 9.17) is 16.3 Å². The predicted octanol–water partition coefficient (Wildman–Crippen LogP) is 2.60. The van der Waals surface area contributed by atoms with Crippen molar-refractivity contribution in [1.82, 2.24) is 0 Å². The molecule has 0 heterocycles. The summed E-state index contributed by atoms with van der Waals surface area (Å²) in [5.41, 5.74) is 2.61. The third kappa shape index (κ3) is 3.91. The number of hydrogen-bond acceptors (Lipinski definition) is 1. The molecule has 0 spiro atoms. The normalized spacial score (nSPS) is 13.2. The number of ether oxygens (including phenoxy) is 1. The van der Waals surface area contributed by atoms with Gasteiger partial charge in [-0.15, -0.1) is 11.6 Å². The molecule has 0 saturated carbocycles. The number of halogens is 1. The van der Waals surface area contributed by atoms with E-state index in [2.05, 4.69) is 13.8 Å². The Morgan fingerprint density at radius 1 is 1.30 bits per heavy atom. The summed E-state index contributed by atoms with van der Waals surface area (Å²) in [6.45, 7) is 4.94. The monoisotopic (exact) mass is 162 g/mol. The van der Waals surface area contributed by atoms with E-state index in [1.165, 1.54) is 11.1 Å². The van der Waals surface area contributed by atoms with Crippen LogP contribution < -0.4 is 0 Å². The van der Waals surface area contributed by atoms with Crippen molar-refractivity contribution in [2.24, 2.45) is 0 Å². The quantitative estimate of drug-likeness (QED) is 0.456. The Bertz CT molecular complexity index is 118. The molecule has 0 saturated heterocycles. The van der Waals surface area contributed by atoms with E-state index >= 15 is 0 Å². The van der Waals surface area contributed by atoms with Gasteiger partial charge in [-0.2, -0.15) is 0 Å². The first-order valence-electron chi connectivity index (χ1n) is 3.42. The van der Waals surface area contributed by atoms with Gasteiger partial charge in [-0.05, 0) is 20.3 Å². The predicted molar refractivity (Wildman–Crippen MR) is 45.6 cm³/mol. The molecule has 0 aromatic rings. The lowest BCUT2D eigenvalue weighted by atomic mass is 10.1. The summed E-state index contributed by atoms with van der Waals surface area (Å²) < 4.78 is 4.93. The Labute approximate surface area is 68.0 Å². The molecule has 0 radical (unpaired) electrons. The summed E-state index contributed by atoms with van der Waals surface area (Å²) in [5.74, 6) is 0.634. The lowest BCUT2D eigenvalue weighted by Gasteiger charge is -2.03. The van der Waals surface area contributed by atoms with Crippen LogP contribution in [0.2, 0.25) is 0 Å². The first-order chi connectivity index (χ1) is 4.72.